The Kier molecular flexibility index (Phi) is 6.17. The van der Waals surface area contributed by atoms with Crippen LogP contribution >= 0.6 is 0 Å². The highest BCUT2D eigenvalue weighted by Gasteiger charge is 2.06. The molecule has 3 rings (SSSR count). The van der Waals surface area contributed by atoms with Gasteiger partial charge in [-0.3, -0.25) is 0 Å². The van der Waals surface area contributed by atoms with Gasteiger partial charge in [-0.15, -0.1) is 0 Å². The minimum absolute atomic E-state index is 0. The largest absolute Gasteiger partial charge is 0.0776 e. The first-order valence-electron chi connectivity index (χ1n) is 7.32. The lowest BCUT2D eigenvalue weighted by atomic mass is 9.93. The Bertz CT molecular complexity index is 703. The van der Waals surface area contributed by atoms with Crippen molar-refractivity contribution in [2.24, 2.45) is 0 Å². The van der Waals surface area contributed by atoms with Crippen LogP contribution in [0.1, 0.15) is 32.4 Å². The lowest BCUT2D eigenvalue weighted by Gasteiger charge is -2.11. The molecule has 0 nitrogen and oxygen atoms in total. The number of aryl methyl sites for hydroxylation is 1. The average molecular weight is 278 g/mol. The smallest absolute Gasteiger partial charge is 0.0103 e. The van der Waals surface area contributed by atoms with Gasteiger partial charge in [-0.05, 0) is 46.9 Å². The second-order valence-electron chi connectivity index (χ2n) is 4.77. The zero-order valence-electron chi connectivity index (χ0n) is 12.8. The van der Waals surface area contributed by atoms with Crippen molar-refractivity contribution in [2.45, 2.75) is 35.1 Å². The predicted molar refractivity (Wildman–Crippen MR) is 96.9 cm³/mol. The van der Waals surface area contributed by atoms with Gasteiger partial charge in [0.2, 0.25) is 0 Å². The van der Waals surface area contributed by atoms with Crippen molar-refractivity contribution in [1.82, 2.24) is 0 Å². The maximum Gasteiger partial charge on any atom is -0.0103 e. The lowest BCUT2D eigenvalue weighted by molar-refractivity contribution is 1.34. The molecule has 0 N–H and O–H groups in total. The molecule has 0 aliphatic carbocycles. The minimum Gasteiger partial charge on any atom is -0.0776 e. The molecule has 0 saturated carbocycles. The summed E-state index contributed by atoms with van der Waals surface area (Å²) in [6.07, 6.45) is 0. The van der Waals surface area contributed by atoms with Gasteiger partial charge < -0.3 is 0 Å². The van der Waals surface area contributed by atoms with Crippen molar-refractivity contribution >= 4 is 10.8 Å². The molecule has 0 atom stereocenters. The molecule has 0 bridgehead atoms. The fraction of sp³-hybridized carbons (Fsp3) is 0.238. The van der Waals surface area contributed by atoms with E-state index in [2.05, 4.69) is 74.5 Å². The maximum absolute atomic E-state index is 2.21. The van der Waals surface area contributed by atoms with Gasteiger partial charge >= 0.3 is 0 Å². The second kappa shape index (κ2) is 7.64. The van der Waals surface area contributed by atoms with Gasteiger partial charge in [-0.1, -0.05) is 81.9 Å². The first kappa shape index (κ1) is 17.0. The number of fused-ring (bicyclic) bond motifs is 1. The van der Waals surface area contributed by atoms with Crippen LogP contribution in [0.25, 0.3) is 21.9 Å². The van der Waals surface area contributed by atoms with Crippen molar-refractivity contribution in [1.29, 1.82) is 0 Å². The quantitative estimate of drug-likeness (QED) is 0.460. The Morgan fingerprint density at radius 3 is 1.95 bits per heavy atom. The lowest BCUT2D eigenvalue weighted by Crippen LogP contribution is -1.88. The van der Waals surface area contributed by atoms with Crippen LogP contribution in [0.2, 0.25) is 0 Å². The van der Waals surface area contributed by atoms with Crippen molar-refractivity contribution in [3.05, 3.63) is 71.8 Å². The van der Waals surface area contributed by atoms with Gasteiger partial charge in [-0.25, -0.2) is 0 Å². The molecule has 3 aromatic carbocycles. The summed E-state index contributed by atoms with van der Waals surface area (Å²) in [5.74, 6) is 0. The molecule has 0 aromatic heterocycles. The third-order valence-corrected chi connectivity index (χ3v) is 3.68. The molecular formula is C21H26. The van der Waals surface area contributed by atoms with Gasteiger partial charge in [0.05, 0.1) is 0 Å². The molecule has 0 unspecified atom stereocenters. The second-order valence-corrected chi connectivity index (χ2v) is 4.77. The van der Waals surface area contributed by atoms with Crippen molar-refractivity contribution in [2.75, 3.05) is 0 Å². The van der Waals surface area contributed by atoms with Crippen LogP contribution in [-0.2, 0) is 0 Å². The Labute approximate surface area is 129 Å². The SMILES string of the molecule is C.CC.Cc1cccc(-c2cccc3ccccc23)c1C. The maximum atomic E-state index is 2.21. The third kappa shape index (κ3) is 3.33. The summed E-state index contributed by atoms with van der Waals surface area (Å²) in [7, 11) is 0. The third-order valence-electron chi connectivity index (χ3n) is 3.68. The highest BCUT2D eigenvalue weighted by Crippen LogP contribution is 2.31. The van der Waals surface area contributed by atoms with Crippen LogP contribution in [0.5, 0.6) is 0 Å². The fourth-order valence-corrected chi connectivity index (χ4v) is 2.50. The molecule has 21 heavy (non-hydrogen) atoms. The van der Waals surface area contributed by atoms with E-state index in [1.807, 2.05) is 13.8 Å². The van der Waals surface area contributed by atoms with E-state index in [1.54, 1.807) is 0 Å². The van der Waals surface area contributed by atoms with E-state index >= 15 is 0 Å². The Balaban J connectivity index is 0.000000706. The van der Waals surface area contributed by atoms with E-state index in [4.69, 9.17) is 0 Å². The number of benzene rings is 3. The molecule has 0 spiro atoms. The normalized spacial score (nSPS) is 9.52. The Morgan fingerprint density at radius 1 is 0.619 bits per heavy atom. The molecule has 0 aliphatic heterocycles. The highest BCUT2D eigenvalue weighted by atomic mass is 14.1. The van der Waals surface area contributed by atoms with Gasteiger partial charge in [0.25, 0.3) is 0 Å². The van der Waals surface area contributed by atoms with Crippen LogP contribution in [-0.4, -0.2) is 0 Å². The van der Waals surface area contributed by atoms with E-state index in [1.165, 1.54) is 33.0 Å². The highest BCUT2D eigenvalue weighted by molar-refractivity contribution is 5.97. The Hall–Kier alpha value is -2.08. The number of hydrogen-bond donors (Lipinski definition) is 0. The zero-order chi connectivity index (χ0) is 14.5. The van der Waals surface area contributed by atoms with Crippen LogP contribution in [0.15, 0.2) is 60.7 Å². The summed E-state index contributed by atoms with van der Waals surface area (Å²) in [6.45, 7) is 8.37. The van der Waals surface area contributed by atoms with E-state index in [0.29, 0.717) is 0 Å². The van der Waals surface area contributed by atoms with E-state index in [9.17, 15) is 0 Å². The summed E-state index contributed by atoms with van der Waals surface area (Å²) < 4.78 is 0. The molecule has 0 heterocycles. The van der Waals surface area contributed by atoms with E-state index in [-0.39, 0.29) is 7.43 Å². The summed E-state index contributed by atoms with van der Waals surface area (Å²) >= 11 is 0. The van der Waals surface area contributed by atoms with Crippen LogP contribution in [0.4, 0.5) is 0 Å². The van der Waals surface area contributed by atoms with Crippen LogP contribution in [0.3, 0.4) is 0 Å². The molecule has 0 aliphatic rings. The topological polar surface area (TPSA) is 0 Å². The summed E-state index contributed by atoms with van der Waals surface area (Å²) in [5.41, 5.74) is 5.38. The zero-order valence-corrected chi connectivity index (χ0v) is 12.8. The molecular weight excluding hydrogens is 252 g/mol. The first-order chi connectivity index (χ1) is 9.77. The van der Waals surface area contributed by atoms with Crippen molar-refractivity contribution in [3.63, 3.8) is 0 Å². The summed E-state index contributed by atoms with van der Waals surface area (Å²) in [4.78, 5) is 0. The predicted octanol–water partition coefficient (Wildman–Crippen LogP) is 6.79. The standard InChI is InChI=1S/C18H16.C2H6.CH4/c1-13-7-5-11-16(14(13)2)18-12-6-9-15-8-3-4-10-17(15)18;1-2;/h3-12H,1-2H3;1-2H3;1H4. The summed E-state index contributed by atoms with van der Waals surface area (Å²) in [5, 5.41) is 2.63. The summed E-state index contributed by atoms with van der Waals surface area (Å²) in [6, 6.07) is 21.6. The molecule has 110 valence electrons. The monoisotopic (exact) mass is 278 g/mol. The molecule has 0 radical (unpaired) electrons. The average Bonchev–Trinajstić information content (AvgIpc) is 2.52. The van der Waals surface area contributed by atoms with Gasteiger partial charge in [0.1, 0.15) is 0 Å². The van der Waals surface area contributed by atoms with Gasteiger partial charge in [0.15, 0.2) is 0 Å². The van der Waals surface area contributed by atoms with Gasteiger partial charge in [0, 0.05) is 0 Å². The van der Waals surface area contributed by atoms with E-state index < -0.39 is 0 Å². The number of hydrogen-bond acceptors (Lipinski definition) is 0. The van der Waals surface area contributed by atoms with E-state index in [0.717, 1.165) is 0 Å². The first-order valence-corrected chi connectivity index (χ1v) is 7.32. The van der Waals surface area contributed by atoms with Crippen molar-refractivity contribution < 1.29 is 0 Å². The van der Waals surface area contributed by atoms with Crippen LogP contribution < -0.4 is 0 Å². The minimum atomic E-state index is 0. The molecule has 0 heteroatoms. The van der Waals surface area contributed by atoms with Crippen molar-refractivity contribution in [3.8, 4) is 11.1 Å². The fourth-order valence-electron chi connectivity index (χ4n) is 2.50. The molecule has 0 amide bonds. The van der Waals surface area contributed by atoms with Gasteiger partial charge in [-0.2, -0.15) is 0 Å². The molecule has 0 saturated heterocycles. The number of rotatable bonds is 1. The van der Waals surface area contributed by atoms with Crippen LogP contribution in [0, 0.1) is 13.8 Å². The molecule has 3 aromatic rings. The Morgan fingerprint density at radius 2 is 1.19 bits per heavy atom. The molecule has 0 fully saturated rings.